The van der Waals surface area contributed by atoms with Crippen LogP contribution in [0.25, 0.3) is 0 Å². The minimum Gasteiger partial charge on any atom is -0.488 e. The molecule has 4 nitrogen and oxygen atoms in total. The third-order valence-electron chi connectivity index (χ3n) is 2.99. The van der Waals surface area contributed by atoms with Gasteiger partial charge in [0.1, 0.15) is 18.0 Å². The fraction of sp³-hybridized carbons (Fsp3) is 0.538. The van der Waals surface area contributed by atoms with Crippen molar-refractivity contribution >= 4 is 15.9 Å². The van der Waals surface area contributed by atoms with Gasteiger partial charge in [0.2, 0.25) is 0 Å². The maximum absolute atomic E-state index is 5.92. The first-order valence-electron chi connectivity index (χ1n) is 5.99. The van der Waals surface area contributed by atoms with E-state index in [0.717, 1.165) is 16.6 Å². The van der Waals surface area contributed by atoms with E-state index < -0.39 is 0 Å². The summed E-state index contributed by atoms with van der Waals surface area (Å²) in [6.45, 7) is 1.13. The average Bonchev–Trinajstić information content (AvgIpc) is 2.36. The fourth-order valence-corrected chi connectivity index (χ4v) is 2.18. The number of methoxy groups -OCH3 is 1. The average molecular weight is 316 g/mol. The van der Waals surface area contributed by atoms with Crippen molar-refractivity contribution in [2.24, 2.45) is 5.73 Å². The molecule has 1 aromatic rings. The van der Waals surface area contributed by atoms with Crippen LogP contribution in [-0.2, 0) is 9.47 Å². The highest BCUT2D eigenvalue weighted by Gasteiger charge is 2.41. The molecule has 5 heteroatoms. The molecule has 2 N–H and O–H groups in total. The standard InChI is InChI=1S/C13H18BrNO3/c1-16-6-7-17-13-11(15)8-12(13)18-10-4-2-9(14)3-5-10/h2-5,11-13H,6-8,15H2,1H3. The van der Waals surface area contributed by atoms with Crippen molar-refractivity contribution in [2.45, 2.75) is 24.7 Å². The zero-order valence-corrected chi connectivity index (χ0v) is 11.9. The Labute approximate surface area is 116 Å². The summed E-state index contributed by atoms with van der Waals surface area (Å²) in [7, 11) is 1.65. The summed E-state index contributed by atoms with van der Waals surface area (Å²) in [5.41, 5.74) is 5.92. The predicted octanol–water partition coefficient (Wildman–Crippen LogP) is 1.96. The van der Waals surface area contributed by atoms with Gasteiger partial charge in [-0.25, -0.2) is 0 Å². The molecule has 0 saturated heterocycles. The Morgan fingerprint density at radius 3 is 2.61 bits per heavy atom. The Kier molecular flexibility index (Phi) is 5.00. The molecular weight excluding hydrogens is 298 g/mol. The molecule has 0 bridgehead atoms. The van der Waals surface area contributed by atoms with E-state index in [1.807, 2.05) is 24.3 Å². The van der Waals surface area contributed by atoms with Gasteiger partial charge in [0.25, 0.3) is 0 Å². The molecule has 0 radical (unpaired) electrons. The third-order valence-corrected chi connectivity index (χ3v) is 3.52. The fourth-order valence-electron chi connectivity index (χ4n) is 1.92. The number of benzene rings is 1. The largest absolute Gasteiger partial charge is 0.488 e. The Morgan fingerprint density at radius 1 is 1.28 bits per heavy atom. The van der Waals surface area contributed by atoms with E-state index in [4.69, 9.17) is 19.9 Å². The van der Waals surface area contributed by atoms with Gasteiger partial charge in [0, 0.05) is 24.0 Å². The smallest absolute Gasteiger partial charge is 0.128 e. The van der Waals surface area contributed by atoms with Gasteiger partial charge in [0.15, 0.2) is 0 Å². The van der Waals surface area contributed by atoms with Gasteiger partial charge in [0.05, 0.1) is 13.2 Å². The van der Waals surface area contributed by atoms with Crippen molar-refractivity contribution in [3.05, 3.63) is 28.7 Å². The van der Waals surface area contributed by atoms with Crippen LogP contribution in [0, 0.1) is 0 Å². The van der Waals surface area contributed by atoms with E-state index in [0.29, 0.717) is 13.2 Å². The van der Waals surface area contributed by atoms with E-state index >= 15 is 0 Å². The van der Waals surface area contributed by atoms with Crippen LogP contribution < -0.4 is 10.5 Å². The zero-order valence-electron chi connectivity index (χ0n) is 10.3. The van der Waals surface area contributed by atoms with Gasteiger partial charge in [-0.1, -0.05) is 15.9 Å². The van der Waals surface area contributed by atoms with Crippen LogP contribution >= 0.6 is 15.9 Å². The van der Waals surface area contributed by atoms with E-state index in [-0.39, 0.29) is 18.2 Å². The van der Waals surface area contributed by atoms with Crippen molar-refractivity contribution in [1.82, 2.24) is 0 Å². The molecule has 0 aliphatic heterocycles. The molecule has 3 unspecified atom stereocenters. The molecule has 3 atom stereocenters. The molecule has 1 aromatic carbocycles. The molecule has 2 rings (SSSR count). The van der Waals surface area contributed by atoms with Crippen LogP contribution in [0.5, 0.6) is 5.75 Å². The Morgan fingerprint density at radius 2 is 2.00 bits per heavy atom. The van der Waals surface area contributed by atoms with Crippen molar-refractivity contribution < 1.29 is 14.2 Å². The first kappa shape index (κ1) is 13.8. The second-order valence-corrected chi connectivity index (χ2v) is 5.25. The van der Waals surface area contributed by atoms with Gasteiger partial charge in [-0.05, 0) is 24.3 Å². The summed E-state index contributed by atoms with van der Waals surface area (Å²) in [6.07, 6.45) is 0.829. The Hall–Kier alpha value is -0.620. The van der Waals surface area contributed by atoms with Crippen LogP contribution in [0.2, 0.25) is 0 Å². The van der Waals surface area contributed by atoms with Crippen LogP contribution in [0.15, 0.2) is 28.7 Å². The second-order valence-electron chi connectivity index (χ2n) is 4.34. The summed E-state index contributed by atoms with van der Waals surface area (Å²) in [5, 5.41) is 0. The SMILES string of the molecule is COCCOC1C(N)CC1Oc1ccc(Br)cc1. The topological polar surface area (TPSA) is 53.7 Å². The lowest BCUT2D eigenvalue weighted by molar-refractivity contribution is -0.107. The highest BCUT2D eigenvalue weighted by atomic mass is 79.9. The minimum atomic E-state index is -0.0382. The molecule has 0 heterocycles. The second kappa shape index (κ2) is 6.52. The highest BCUT2D eigenvalue weighted by Crippen LogP contribution is 2.28. The Bertz CT molecular complexity index is 371. The van der Waals surface area contributed by atoms with Crippen LogP contribution in [0.1, 0.15) is 6.42 Å². The zero-order chi connectivity index (χ0) is 13.0. The lowest BCUT2D eigenvalue weighted by Gasteiger charge is -2.41. The van der Waals surface area contributed by atoms with Crippen molar-refractivity contribution in [3.63, 3.8) is 0 Å². The summed E-state index contributed by atoms with van der Waals surface area (Å²) >= 11 is 3.39. The predicted molar refractivity (Wildman–Crippen MR) is 72.8 cm³/mol. The number of ether oxygens (including phenoxy) is 3. The number of halogens is 1. The van der Waals surface area contributed by atoms with Crippen LogP contribution in [0.3, 0.4) is 0 Å². The molecule has 1 fully saturated rings. The highest BCUT2D eigenvalue weighted by molar-refractivity contribution is 9.10. The van der Waals surface area contributed by atoms with E-state index in [1.165, 1.54) is 0 Å². The number of nitrogens with two attached hydrogens (primary N) is 1. The first-order chi connectivity index (χ1) is 8.70. The minimum absolute atomic E-state index is 0.0382. The summed E-state index contributed by atoms with van der Waals surface area (Å²) in [4.78, 5) is 0. The summed E-state index contributed by atoms with van der Waals surface area (Å²) < 4.78 is 17.5. The lowest BCUT2D eigenvalue weighted by atomic mass is 9.86. The van der Waals surface area contributed by atoms with Crippen molar-refractivity contribution in [1.29, 1.82) is 0 Å². The molecule has 0 amide bonds. The number of hydrogen-bond donors (Lipinski definition) is 1. The molecule has 0 aromatic heterocycles. The van der Waals surface area contributed by atoms with Gasteiger partial charge >= 0.3 is 0 Å². The quantitative estimate of drug-likeness (QED) is 0.815. The maximum atomic E-state index is 5.92. The normalized spacial score (nSPS) is 26.7. The van der Waals surface area contributed by atoms with Crippen LogP contribution in [-0.4, -0.2) is 38.6 Å². The molecule has 18 heavy (non-hydrogen) atoms. The monoisotopic (exact) mass is 315 g/mol. The van der Waals surface area contributed by atoms with Gasteiger partial charge < -0.3 is 19.9 Å². The summed E-state index contributed by atoms with van der Waals surface area (Å²) in [6, 6.07) is 7.83. The first-order valence-corrected chi connectivity index (χ1v) is 6.78. The van der Waals surface area contributed by atoms with E-state index in [1.54, 1.807) is 7.11 Å². The van der Waals surface area contributed by atoms with E-state index in [9.17, 15) is 0 Å². The number of rotatable bonds is 6. The molecule has 1 saturated carbocycles. The molecule has 1 aliphatic carbocycles. The van der Waals surface area contributed by atoms with Gasteiger partial charge in [-0.2, -0.15) is 0 Å². The lowest BCUT2D eigenvalue weighted by Crippen LogP contribution is -2.59. The molecular formula is C13H18BrNO3. The van der Waals surface area contributed by atoms with Gasteiger partial charge in [-0.3, -0.25) is 0 Å². The number of hydrogen-bond acceptors (Lipinski definition) is 4. The molecule has 100 valence electrons. The van der Waals surface area contributed by atoms with Crippen LogP contribution in [0.4, 0.5) is 0 Å². The van der Waals surface area contributed by atoms with Gasteiger partial charge in [-0.15, -0.1) is 0 Å². The molecule has 1 aliphatic rings. The molecule has 0 spiro atoms. The Balaban J connectivity index is 1.83. The third kappa shape index (κ3) is 3.45. The van der Waals surface area contributed by atoms with E-state index in [2.05, 4.69) is 15.9 Å². The summed E-state index contributed by atoms with van der Waals surface area (Å²) in [5.74, 6) is 0.843. The maximum Gasteiger partial charge on any atom is 0.128 e. The van der Waals surface area contributed by atoms with Crippen molar-refractivity contribution in [3.8, 4) is 5.75 Å². The van der Waals surface area contributed by atoms with Crippen molar-refractivity contribution in [2.75, 3.05) is 20.3 Å².